The Morgan fingerprint density at radius 2 is 1.95 bits per heavy atom. The van der Waals surface area contributed by atoms with Gasteiger partial charge < -0.3 is 11.1 Å². The van der Waals surface area contributed by atoms with Gasteiger partial charge in [-0.3, -0.25) is 4.79 Å². The van der Waals surface area contributed by atoms with E-state index < -0.39 is 6.04 Å². The lowest BCUT2D eigenvalue weighted by molar-refractivity contribution is -0.123. The van der Waals surface area contributed by atoms with Crippen LogP contribution in [0.15, 0.2) is 24.3 Å². The molecule has 0 saturated heterocycles. The molecule has 5 heteroatoms. The third-order valence-corrected chi connectivity index (χ3v) is 4.34. The predicted octanol–water partition coefficient (Wildman–Crippen LogP) is 3.20. The van der Waals surface area contributed by atoms with Crippen molar-refractivity contribution >= 4 is 18.3 Å². The number of hydrogen-bond donors (Lipinski definition) is 2. The highest BCUT2D eigenvalue weighted by Gasteiger charge is 2.25. The summed E-state index contributed by atoms with van der Waals surface area (Å²) >= 11 is 0. The molecule has 3 N–H and O–H groups in total. The number of aryl methyl sites for hydroxylation is 1. The van der Waals surface area contributed by atoms with Crippen molar-refractivity contribution in [1.82, 2.24) is 5.32 Å². The molecule has 0 aliphatic heterocycles. The molecule has 1 aliphatic rings. The zero-order valence-electron chi connectivity index (χ0n) is 12.9. The smallest absolute Gasteiger partial charge is 0.237 e. The van der Waals surface area contributed by atoms with Gasteiger partial charge in [-0.1, -0.05) is 37.5 Å². The van der Waals surface area contributed by atoms with E-state index in [1.807, 2.05) is 6.07 Å². The summed E-state index contributed by atoms with van der Waals surface area (Å²) in [6.45, 7) is 0.549. The molecule has 1 aliphatic carbocycles. The molecule has 0 spiro atoms. The number of hydrogen-bond acceptors (Lipinski definition) is 2. The van der Waals surface area contributed by atoms with E-state index in [-0.39, 0.29) is 24.1 Å². The number of nitrogens with two attached hydrogens (primary N) is 1. The molecule has 0 unspecified atom stereocenters. The van der Waals surface area contributed by atoms with Gasteiger partial charge in [0.15, 0.2) is 0 Å². The maximum atomic E-state index is 13.4. The SMILES string of the molecule is Cl.N[C@H](C(=O)NCCCc1ccccc1F)C1CCCCC1. The normalized spacial score (nSPS) is 16.6. The van der Waals surface area contributed by atoms with Gasteiger partial charge in [0, 0.05) is 6.54 Å². The second-order valence-electron chi connectivity index (χ2n) is 5.91. The van der Waals surface area contributed by atoms with Crippen molar-refractivity contribution in [3.05, 3.63) is 35.6 Å². The lowest BCUT2D eigenvalue weighted by Gasteiger charge is -2.26. The Kier molecular flexibility index (Phi) is 8.43. The first-order valence-electron chi connectivity index (χ1n) is 7.95. The standard InChI is InChI=1S/C17H25FN2O.ClH/c18-15-11-5-4-7-13(15)10-6-12-20-17(21)16(19)14-8-2-1-3-9-14;/h4-5,7,11,14,16H,1-3,6,8-10,12,19H2,(H,20,21);1H/t16-;/m0./s1. The highest BCUT2D eigenvalue weighted by atomic mass is 35.5. The largest absolute Gasteiger partial charge is 0.355 e. The van der Waals surface area contributed by atoms with Gasteiger partial charge in [0.25, 0.3) is 0 Å². The number of benzene rings is 1. The van der Waals surface area contributed by atoms with Gasteiger partial charge in [-0.15, -0.1) is 12.4 Å². The molecule has 0 aromatic heterocycles. The predicted molar refractivity (Wildman–Crippen MR) is 89.5 cm³/mol. The Morgan fingerprint density at radius 1 is 1.27 bits per heavy atom. The fourth-order valence-corrected chi connectivity index (χ4v) is 3.02. The van der Waals surface area contributed by atoms with E-state index in [0.717, 1.165) is 19.3 Å². The first-order valence-corrected chi connectivity index (χ1v) is 7.95. The minimum absolute atomic E-state index is 0. The Morgan fingerprint density at radius 3 is 2.64 bits per heavy atom. The molecule has 0 radical (unpaired) electrons. The van der Waals surface area contributed by atoms with E-state index in [1.54, 1.807) is 12.1 Å². The lowest BCUT2D eigenvalue weighted by Crippen LogP contribution is -2.46. The number of halogens is 2. The minimum atomic E-state index is -0.390. The Bertz CT molecular complexity index is 464. The fourth-order valence-electron chi connectivity index (χ4n) is 3.02. The molecule has 3 nitrogen and oxygen atoms in total. The number of nitrogens with one attached hydrogen (secondary N) is 1. The molecule has 124 valence electrons. The van der Waals surface area contributed by atoms with Crippen LogP contribution in [0.5, 0.6) is 0 Å². The lowest BCUT2D eigenvalue weighted by atomic mass is 9.84. The summed E-state index contributed by atoms with van der Waals surface area (Å²) in [7, 11) is 0. The van der Waals surface area contributed by atoms with Gasteiger partial charge in [0.05, 0.1) is 6.04 Å². The molecule has 1 atom stereocenters. The fraction of sp³-hybridized carbons (Fsp3) is 0.588. The van der Waals surface area contributed by atoms with Crippen LogP contribution in [-0.4, -0.2) is 18.5 Å². The molecule has 1 fully saturated rings. The maximum Gasteiger partial charge on any atom is 0.237 e. The molecule has 1 aromatic rings. The molecule has 0 bridgehead atoms. The first kappa shape index (κ1) is 18.9. The van der Waals surface area contributed by atoms with Crippen molar-refractivity contribution in [1.29, 1.82) is 0 Å². The minimum Gasteiger partial charge on any atom is -0.355 e. The Balaban J connectivity index is 0.00000242. The van der Waals surface area contributed by atoms with Gasteiger partial charge in [-0.05, 0) is 43.2 Å². The van der Waals surface area contributed by atoms with Crippen LogP contribution in [0.2, 0.25) is 0 Å². The monoisotopic (exact) mass is 328 g/mol. The summed E-state index contributed by atoms with van der Waals surface area (Å²) in [5.74, 6) is 0.0866. The Labute approximate surface area is 138 Å². The molecular weight excluding hydrogens is 303 g/mol. The van der Waals surface area contributed by atoms with E-state index >= 15 is 0 Å². The van der Waals surface area contributed by atoms with Crippen LogP contribution in [-0.2, 0) is 11.2 Å². The van der Waals surface area contributed by atoms with Gasteiger partial charge >= 0.3 is 0 Å². The van der Waals surface area contributed by atoms with Crippen LogP contribution in [0, 0.1) is 11.7 Å². The van der Waals surface area contributed by atoms with Gasteiger partial charge in [-0.25, -0.2) is 4.39 Å². The molecule has 1 saturated carbocycles. The molecule has 22 heavy (non-hydrogen) atoms. The summed E-state index contributed by atoms with van der Waals surface area (Å²) in [6.07, 6.45) is 7.09. The van der Waals surface area contributed by atoms with Gasteiger partial charge in [-0.2, -0.15) is 0 Å². The van der Waals surface area contributed by atoms with Crippen molar-refractivity contribution in [3.8, 4) is 0 Å². The van der Waals surface area contributed by atoms with Crippen molar-refractivity contribution < 1.29 is 9.18 Å². The summed E-state index contributed by atoms with van der Waals surface area (Å²) in [4.78, 5) is 12.0. The van der Waals surface area contributed by atoms with E-state index in [0.29, 0.717) is 24.4 Å². The summed E-state index contributed by atoms with van der Waals surface area (Å²) < 4.78 is 13.4. The zero-order chi connectivity index (χ0) is 15.1. The third-order valence-electron chi connectivity index (χ3n) is 4.34. The van der Waals surface area contributed by atoms with Crippen molar-refractivity contribution in [3.63, 3.8) is 0 Å². The third kappa shape index (κ3) is 5.58. The van der Waals surface area contributed by atoms with Crippen molar-refractivity contribution in [2.45, 2.75) is 51.0 Å². The van der Waals surface area contributed by atoms with Crippen LogP contribution < -0.4 is 11.1 Å². The second kappa shape index (κ2) is 9.80. The summed E-state index contributed by atoms with van der Waals surface area (Å²) in [6, 6.07) is 6.37. The van der Waals surface area contributed by atoms with Crippen LogP contribution in [0.25, 0.3) is 0 Å². The quantitative estimate of drug-likeness (QED) is 0.788. The average Bonchev–Trinajstić information content (AvgIpc) is 2.53. The highest BCUT2D eigenvalue weighted by Crippen LogP contribution is 2.25. The summed E-state index contributed by atoms with van der Waals surface area (Å²) in [5, 5.41) is 2.88. The van der Waals surface area contributed by atoms with E-state index in [1.165, 1.54) is 25.3 Å². The molecule has 1 amide bonds. The van der Waals surface area contributed by atoms with Gasteiger partial charge in [0.2, 0.25) is 5.91 Å². The van der Waals surface area contributed by atoms with Crippen molar-refractivity contribution in [2.75, 3.05) is 6.54 Å². The first-order chi connectivity index (χ1) is 10.2. The highest BCUT2D eigenvalue weighted by molar-refractivity contribution is 5.85. The second-order valence-corrected chi connectivity index (χ2v) is 5.91. The molecule has 0 heterocycles. The molecule has 2 rings (SSSR count). The van der Waals surface area contributed by atoms with Crippen LogP contribution >= 0.6 is 12.4 Å². The van der Waals surface area contributed by atoms with Gasteiger partial charge in [0.1, 0.15) is 5.82 Å². The van der Waals surface area contributed by atoms with E-state index in [4.69, 9.17) is 5.73 Å². The topological polar surface area (TPSA) is 55.1 Å². The number of carbonyl (C=O) groups is 1. The maximum absolute atomic E-state index is 13.4. The van der Waals surface area contributed by atoms with Crippen molar-refractivity contribution in [2.24, 2.45) is 11.7 Å². The number of amides is 1. The molecular formula is C17H26ClFN2O. The summed E-state index contributed by atoms with van der Waals surface area (Å²) in [5.41, 5.74) is 6.73. The number of rotatable bonds is 6. The van der Waals surface area contributed by atoms with E-state index in [2.05, 4.69) is 5.32 Å². The zero-order valence-corrected chi connectivity index (χ0v) is 13.7. The average molecular weight is 329 g/mol. The van der Waals surface area contributed by atoms with Crippen LogP contribution in [0.1, 0.15) is 44.1 Å². The van der Waals surface area contributed by atoms with Crippen LogP contribution in [0.4, 0.5) is 4.39 Å². The number of carbonyl (C=O) groups excluding carboxylic acids is 1. The molecule has 1 aromatic carbocycles. The Hall–Kier alpha value is -1.13. The van der Waals surface area contributed by atoms with Crippen LogP contribution in [0.3, 0.4) is 0 Å². The van der Waals surface area contributed by atoms with E-state index in [9.17, 15) is 9.18 Å².